The Bertz CT molecular complexity index is 1620. The molecule has 4 atom stereocenters. The summed E-state index contributed by atoms with van der Waals surface area (Å²) in [6, 6.07) is -0.891. The third kappa shape index (κ3) is 9.64. The standard InChI is InChI=1S/C34H46N8O8/c1-8-13-23(37-27(35)25-16-11-18-41(25)29(43)33(2,21-47-4)39-31(45)49-6)14-9-10-15-24-20-36-28(38-24)26-17-12-19-42(26)30(44)34(3,22-48-5)40-32(46)50-7/h8,13,20,25-26H,1,11-12,16-19,21-22H2,2-7H3,(H2,35,37)(H,36,38)(H,39,45)(H,40,46)/b23-13-/t25-,26-,33?,34?/m0/s1. The first-order chi connectivity index (χ1) is 23.9. The number of imidazole rings is 1. The molecule has 0 saturated carbocycles. The van der Waals surface area contributed by atoms with Crippen molar-refractivity contribution in [1.29, 1.82) is 0 Å². The number of carbonyl (C=O) groups excluding carboxylic acids is 4. The van der Waals surface area contributed by atoms with E-state index in [2.05, 4.69) is 55.9 Å². The molecule has 2 unspecified atom stereocenters. The Hall–Kier alpha value is -5.32. The van der Waals surface area contributed by atoms with E-state index < -0.39 is 29.3 Å². The minimum absolute atomic E-state index is 0.0466. The SMILES string of the molecule is C=C/C=C(/C#CC#Cc1cnc([C@@H]2CCCN2C(=O)C(C)(COC)NC(=O)OC)[nH]1)N=C(N)[C@@H]1CCCN1C(=O)C(C)(COC)NC(=O)OC. The molecule has 1 aromatic rings. The lowest BCUT2D eigenvalue weighted by Crippen LogP contribution is -2.62. The van der Waals surface area contributed by atoms with Gasteiger partial charge < -0.3 is 50.1 Å². The molecule has 3 heterocycles. The molecule has 50 heavy (non-hydrogen) atoms. The average molecular weight is 695 g/mol. The number of methoxy groups -OCH3 is 4. The highest BCUT2D eigenvalue weighted by molar-refractivity contribution is 5.96. The number of rotatable bonds is 12. The first-order valence-corrected chi connectivity index (χ1v) is 15.9. The molecule has 0 radical (unpaired) electrons. The van der Waals surface area contributed by atoms with Gasteiger partial charge >= 0.3 is 12.2 Å². The number of carbonyl (C=O) groups is 4. The number of H-pyrrole nitrogens is 1. The smallest absolute Gasteiger partial charge is 0.407 e. The van der Waals surface area contributed by atoms with E-state index in [4.69, 9.17) is 24.7 Å². The predicted molar refractivity (Wildman–Crippen MR) is 183 cm³/mol. The van der Waals surface area contributed by atoms with E-state index in [1.54, 1.807) is 35.9 Å². The van der Waals surface area contributed by atoms with Crippen LogP contribution in [0.15, 0.2) is 35.6 Å². The molecule has 2 saturated heterocycles. The van der Waals surface area contributed by atoms with E-state index in [1.807, 2.05) is 0 Å². The van der Waals surface area contributed by atoms with Gasteiger partial charge in [0.1, 0.15) is 34.1 Å². The van der Waals surface area contributed by atoms with Crippen molar-refractivity contribution in [1.82, 2.24) is 30.4 Å². The summed E-state index contributed by atoms with van der Waals surface area (Å²) in [5.74, 6) is 11.3. The van der Waals surface area contributed by atoms with Gasteiger partial charge in [-0.15, -0.1) is 0 Å². The number of nitrogens with two attached hydrogens (primary N) is 1. The molecule has 0 spiro atoms. The van der Waals surface area contributed by atoms with Crippen LogP contribution in [-0.2, 0) is 28.5 Å². The normalized spacial score (nSPS) is 19.9. The molecule has 2 aliphatic rings. The molecular weight excluding hydrogens is 648 g/mol. The molecule has 2 fully saturated rings. The Balaban J connectivity index is 1.76. The van der Waals surface area contributed by atoms with Crippen LogP contribution in [0.3, 0.4) is 0 Å². The lowest BCUT2D eigenvalue weighted by Gasteiger charge is -2.35. The number of aromatic amines is 1. The largest absolute Gasteiger partial charge is 0.453 e. The zero-order valence-corrected chi connectivity index (χ0v) is 29.4. The molecule has 3 rings (SSSR count). The van der Waals surface area contributed by atoms with Crippen LogP contribution in [0.5, 0.6) is 0 Å². The summed E-state index contributed by atoms with van der Waals surface area (Å²) in [5, 5.41) is 5.16. The van der Waals surface area contributed by atoms with Gasteiger partial charge in [0.05, 0.1) is 45.7 Å². The lowest BCUT2D eigenvalue weighted by molar-refractivity contribution is -0.141. The van der Waals surface area contributed by atoms with Gasteiger partial charge in [-0.3, -0.25) is 9.59 Å². The van der Waals surface area contributed by atoms with Gasteiger partial charge in [-0.2, -0.15) is 0 Å². The summed E-state index contributed by atoms with van der Waals surface area (Å²) in [5.41, 5.74) is 4.45. The van der Waals surface area contributed by atoms with Gasteiger partial charge in [-0.1, -0.05) is 12.7 Å². The predicted octanol–water partition coefficient (Wildman–Crippen LogP) is 1.37. The summed E-state index contributed by atoms with van der Waals surface area (Å²) in [6.07, 6.45) is 5.80. The first kappa shape index (κ1) is 39.1. The van der Waals surface area contributed by atoms with Crippen LogP contribution in [-0.4, -0.2) is 121 Å². The van der Waals surface area contributed by atoms with Crippen LogP contribution in [0, 0.1) is 23.7 Å². The summed E-state index contributed by atoms with van der Waals surface area (Å²) in [7, 11) is 5.32. The highest BCUT2D eigenvalue weighted by Crippen LogP contribution is 2.32. The molecule has 0 aromatic carbocycles. The van der Waals surface area contributed by atoms with E-state index in [0.29, 0.717) is 43.9 Å². The third-order valence-electron chi connectivity index (χ3n) is 8.19. The number of ether oxygens (including phenoxy) is 4. The lowest BCUT2D eigenvalue weighted by atomic mass is 10.0. The number of nitrogens with zero attached hydrogens (tertiary/aromatic N) is 4. The second-order valence-electron chi connectivity index (χ2n) is 12.1. The summed E-state index contributed by atoms with van der Waals surface area (Å²) < 4.78 is 19.8. The average Bonchev–Trinajstić information content (AvgIpc) is 3.87. The number of nitrogens with one attached hydrogen (secondary N) is 3. The fraction of sp³-hybridized carbons (Fsp3) is 0.529. The van der Waals surface area contributed by atoms with E-state index in [1.165, 1.54) is 34.5 Å². The van der Waals surface area contributed by atoms with E-state index in [9.17, 15) is 19.2 Å². The van der Waals surface area contributed by atoms with Crippen LogP contribution in [0.2, 0.25) is 0 Å². The molecule has 4 amide bonds. The highest BCUT2D eigenvalue weighted by atomic mass is 16.5. The number of allylic oxidation sites excluding steroid dienone is 3. The number of amidine groups is 1. The zero-order valence-electron chi connectivity index (χ0n) is 29.4. The van der Waals surface area contributed by atoms with Crippen molar-refractivity contribution in [3.8, 4) is 23.7 Å². The van der Waals surface area contributed by atoms with E-state index >= 15 is 0 Å². The van der Waals surface area contributed by atoms with Crippen molar-refractivity contribution in [2.24, 2.45) is 10.7 Å². The Morgan fingerprint density at radius 1 is 1.00 bits per heavy atom. The van der Waals surface area contributed by atoms with Gasteiger partial charge in [0, 0.05) is 27.3 Å². The minimum atomic E-state index is -1.38. The fourth-order valence-electron chi connectivity index (χ4n) is 5.87. The van der Waals surface area contributed by atoms with Crippen molar-refractivity contribution in [3.05, 3.63) is 42.1 Å². The van der Waals surface area contributed by atoms with E-state index in [0.717, 1.165) is 6.42 Å². The second-order valence-corrected chi connectivity index (χ2v) is 12.1. The van der Waals surface area contributed by atoms with Gasteiger partial charge in [-0.05, 0) is 69.3 Å². The van der Waals surface area contributed by atoms with E-state index in [-0.39, 0.29) is 42.6 Å². The maximum absolute atomic E-state index is 13.6. The summed E-state index contributed by atoms with van der Waals surface area (Å²) >= 11 is 0. The van der Waals surface area contributed by atoms with Crippen LogP contribution in [0.1, 0.15) is 57.1 Å². The Kier molecular flexibility index (Phi) is 14.0. The van der Waals surface area contributed by atoms with Crippen molar-refractivity contribution in [2.75, 3.05) is 54.7 Å². The van der Waals surface area contributed by atoms with Crippen molar-refractivity contribution in [2.45, 2.75) is 62.7 Å². The molecule has 270 valence electrons. The van der Waals surface area contributed by atoms with Crippen molar-refractivity contribution < 1.29 is 38.1 Å². The van der Waals surface area contributed by atoms with Crippen molar-refractivity contribution in [3.63, 3.8) is 0 Å². The topological polar surface area (TPSA) is 203 Å². The number of alkyl carbamates (subject to hydrolysis) is 2. The highest BCUT2D eigenvalue weighted by Gasteiger charge is 2.45. The molecule has 1 aromatic heterocycles. The Morgan fingerprint density at radius 2 is 1.58 bits per heavy atom. The number of aliphatic imine (C=N–C) groups is 1. The van der Waals surface area contributed by atoms with Crippen molar-refractivity contribution >= 4 is 29.8 Å². The molecule has 16 nitrogen and oxygen atoms in total. The first-order valence-electron chi connectivity index (χ1n) is 15.9. The van der Waals surface area contributed by atoms with Gasteiger partial charge in [-0.25, -0.2) is 19.6 Å². The number of hydrogen-bond acceptors (Lipinski definition) is 10. The molecule has 0 aliphatic carbocycles. The molecule has 5 N–H and O–H groups in total. The fourth-order valence-corrected chi connectivity index (χ4v) is 5.87. The molecule has 16 heteroatoms. The summed E-state index contributed by atoms with van der Waals surface area (Å²) in [4.78, 5) is 66.4. The Morgan fingerprint density at radius 3 is 2.16 bits per heavy atom. The van der Waals surface area contributed by atoms with Crippen LogP contribution >= 0.6 is 0 Å². The maximum atomic E-state index is 13.6. The summed E-state index contributed by atoms with van der Waals surface area (Å²) in [6.45, 7) is 7.63. The monoisotopic (exact) mass is 694 g/mol. The van der Waals surface area contributed by atoms with Crippen LogP contribution in [0.25, 0.3) is 0 Å². The molecule has 2 aliphatic heterocycles. The number of likely N-dealkylation sites (tertiary alicyclic amines) is 2. The van der Waals surface area contributed by atoms with Crippen LogP contribution in [0.4, 0.5) is 9.59 Å². The van der Waals surface area contributed by atoms with Gasteiger partial charge in [0.25, 0.3) is 11.8 Å². The number of hydrogen-bond donors (Lipinski definition) is 4. The van der Waals surface area contributed by atoms with Gasteiger partial charge in [0.15, 0.2) is 0 Å². The van der Waals surface area contributed by atoms with Crippen LogP contribution < -0.4 is 16.4 Å². The quantitative estimate of drug-likeness (QED) is 0.107. The third-order valence-corrected chi connectivity index (χ3v) is 8.19. The number of amides is 4. The number of aromatic nitrogens is 2. The molecule has 0 bridgehead atoms. The zero-order chi connectivity index (χ0) is 36.9. The Labute approximate surface area is 292 Å². The minimum Gasteiger partial charge on any atom is -0.453 e. The molecular formula is C34H46N8O8. The second kappa shape index (κ2) is 17.9. The maximum Gasteiger partial charge on any atom is 0.407 e. The van der Waals surface area contributed by atoms with Gasteiger partial charge in [0.2, 0.25) is 0 Å².